The van der Waals surface area contributed by atoms with Gasteiger partial charge in [0.05, 0.1) is 5.56 Å². The Hall–Kier alpha value is -1.66. The molecule has 0 unspecified atom stereocenters. The molecule has 0 N–H and O–H groups in total. The SMILES string of the molecule is CN(CC1CCCCC1)C(=O)c1cncnc1C(F)(F)F. The van der Waals surface area contributed by atoms with E-state index in [0.717, 1.165) is 38.2 Å². The molecule has 21 heavy (non-hydrogen) atoms. The number of amides is 1. The molecule has 1 saturated carbocycles. The Bertz CT molecular complexity index is 498. The molecular formula is C14H18F3N3O. The number of aromatic nitrogens is 2. The van der Waals surface area contributed by atoms with Crippen LogP contribution in [-0.4, -0.2) is 34.4 Å². The summed E-state index contributed by atoms with van der Waals surface area (Å²) in [6.07, 6.45) is 2.57. The van der Waals surface area contributed by atoms with Gasteiger partial charge in [0.2, 0.25) is 0 Å². The summed E-state index contributed by atoms with van der Waals surface area (Å²) in [6.45, 7) is 0.477. The second kappa shape index (κ2) is 6.41. The van der Waals surface area contributed by atoms with Gasteiger partial charge in [-0.05, 0) is 18.8 Å². The number of carbonyl (C=O) groups excluding carboxylic acids is 1. The van der Waals surface area contributed by atoms with Crippen molar-refractivity contribution in [2.45, 2.75) is 38.3 Å². The summed E-state index contributed by atoms with van der Waals surface area (Å²) in [4.78, 5) is 20.4. The lowest BCUT2D eigenvalue weighted by Gasteiger charge is -2.27. The predicted molar refractivity (Wildman–Crippen MR) is 70.6 cm³/mol. The molecule has 1 aromatic heterocycles. The highest BCUT2D eigenvalue weighted by molar-refractivity contribution is 5.95. The van der Waals surface area contributed by atoms with Crippen LogP contribution in [0.2, 0.25) is 0 Å². The van der Waals surface area contributed by atoms with Gasteiger partial charge in [0.15, 0.2) is 5.69 Å². The molecule has 0 spiro atoms. The van der Waals surface area contributed by atoms with Gasteiger partial charge in [-0.25, -0.2) is 9.97 Å². The summed E-state index contributed by atoms with van der Waals surface area (Å²) in [6, 6.07) is 0. The number of nitrogens with zero attached hydrogens (tertiary/aromatic N) is 3. The minimum Gasteiger partial charge on any atom is -0.341 e. The number of rotatable bonds is 3. The maximum Gasteiger partial charge on any atom is 0.434 e. The second-order valence-electron chi connectivity index (χ2n) is 5.47. The van der Waals surface area contributed by atoms with E-state index in [2.05, 4.69) is 9.97 Å². The maximum atomic E-state index is 12.9. The summed E-state index contributed by atoms with van der Waals surface area (Å²) < 4.78 is 38.6. The van der Waals surface area contributed by atoms with Crippen molar-refractivity contribution in [1.82, 2.24) is 14.9 Å². The molecule has 1 aliphatic carbocycles. The standard InChI is InChI=1S/C14H18F3N3O/c1-20(8-10-5-3-2-4-6-10)13(21)11-7-18-9-19-12(11)14(15,16)17/h7,9-10H,2-6,8H2,1H3. The van der Waals surface area contributed by atoms with Crippen LogP contribution in [-0.2, 0) is 6.18 Å². The quantitative estimate of drug-likeness (QED) is 0.861. The van der Waals surface area contributed by atoms with Crippen molar-refractivity contribution in [1.29, 1.82) is 0 Å². The average molecular weight is 301 g/mol. The van der Waals surface area contributed by atoms with Crippen molar-refractivity contribution >= 4 is 5.91 Å². The first-order valence-corrected chi connectivity index (χ1v) is 7.02. The maximum absolute atomic E-state index is 12.9. The molecule has 1 heterocycles. The van der Waals surface area contributed by atoms with Crippen LogP contribution in [0.3, 0.4) is 0 Å². The van der Waals surface area contributed by atoms with Crippen molar-refractivity contribution < 1.29 is 18.0 Å². The van der Waals surface area contributed by atoms with Gasteiger partial charge in [-0.3, -0.25) is 4.79 Å². The first-order valence-electron chi connectivity index (χ1n) is 7.02. The van der Waals surface area contributed by atoms with Crippen molar-refractivity contribution in [3.05, 3.63) is 23.8 Å². The number of halogens is 3. The van der Waals surface area contributed by atoms with Gasteiger partial charge < -0.3 is 4.90 Å². The minimum atomic E-state index is -4.65. The molecule has 2 rings (SSSR count). The molecule has 7 heteroatoms. The molecule has 1 aliphatic rings. The molecule has 1 fully saturated rings. The van der Waals surface area contributed by atoms with E-state index in [9.17, 15) is 18.0 Å². The fourth-order valence-corrected chi connectivity index (χ4v) is 2.76. The molecule has 0 atom stereocenters. The summed E-state index contributed by atoms with van der Waals surface area (Å²) >= 11 is 0. The Morgan fingerprint density at radius 1 is 1.33 bits per heavy atom. The normalized spacial score (nSPS) is 16.8. The third-order valence-corrected chi connectivity index (χ3v) is 3.81. The molecule has 0 bridgehead atoms. The van der Waals surface area contributed by atoms with E-state index < -0.39 is 23.3 Å². The van der Waals surface area contributed by atoms with Crippen molar-refractivity contribution in [2.24, 2.45) is 5.92 Å². The van der Waals surface area contributed by atoms with E-state index in [1.54, 1.807) is 0 Å². The number of carbonyl (C=O) groups is 1. The van der Waals surface area contributed by atoms with Gasteiger partial charge in [-0.2, -0.15) is 13.2 Å². The highest BCUT2D eigenvalue weighted by Gasteiger charge is 2.38. The van der Waals surface area contributed by atoms with Crippen molar-refractivity contribution in [3.63, 3.8) is 0 Å². The molecule has 0 aliphatic heterocycles. The number of hydrogen-bond acceptors (Lipinski definition) is 3. The summed E-state index contributed by atoms with van der Waals surface area (Å²) in [5.74, 6) is -0.305. The largest absolute Gasteiger partial charge is 0.434 e. The first-order chi connectivity index (χ1) is 9.89. The average Bonchev–Trinajstić information content (AvgIpc) is 2.46. The van der Waals surface area contributed by atoms with Gasteiger partial charge in [-0.1, -0.05) is 19.3 Å². The number of alkyl halides is 3. The summed E-state index contributed by atoms with van der Waals surface area (Å²) in [7, 11) is 1.53. The monoisotopic (exact) mass is 301 g/mol. The third kappa shape index (κ3) is 3.92. The fourth-order valence-electron chi connectivity index (χ4n) is 2.76. The van der Waals surface area contributed by atoms with E-state index in [-0.39, 0.29) is 0 Å². The molecule has 1 aromatic rings. The minimum absolute atomic E-state index is 0.367. The van der Waals surface area contributed by atoms with Crippen LogP contribution in [0.5, 0.6) is 0 Å². The van der Waals surface area contributed by atoms with Gasteiger partial charge in [-0.15, -0.1) is 0 Å². The Morgan fingerprint density at radius 2 is 2.00 bits per heavy atom. The van der Waals surface area contributed by atoms with Crippen molar-refractivity contribution in [2.75, 3.05) is 13.6 Å². The highest BCUT2D eigenvalue weighted by Crippen LogP contribution is 2.30. The van der Waals surface area contributed by atoms with Crippen LogP contribution >= 0.6 is 0 Å². The first kappa shape index (κ1) is 15.7. The van der Waals surface area contributed by atoms with E-state index in [1.807, 2.05) is 0 Å². The lowest BCUT2D eigenvalue weighted by Crippen LogP contribution is -2.34. The van der Waals surface area contributed by atoms with Gasteiger partial charge in [0.1, 0.15) is 6.33 Å². The zero-order chi connectivity index (χ0) is 15.5. The predicted octanol–water partition coefficient (Wildman–Crippen LogP) is 3.15. The molecule has 0 saturated heterocycles. The van der Waals surface area contributed by atoms with Crippen LogP contribution in [0.4, 0.5) is 13.2 Å². The van der Waals surface area contributed by atoms with E-state index >= 15 is 0 Å². The smallest absolute Gasteiger partial charge is 0.341 e. The molecule has 4 nitrogen and oxygen atoms in total. The Labute approximate surface area is 121 Å². The molecular weight excluding hydrogens is 283 g/mol. The van der Waals surface area contributed by atoms with Gasteiger partial charge in [0, 0.05) is 19.8 Å². The van der Waals surface area contributed by atoms with Gasteiger partial charge in [0.25, 0.3) is 5.91 Å². The lowest BCUT2D eigenvalue weighted by atomic mass is 9.89. The molecule has 0 radical (unpaired) electrons. The molecule has 1 amide bonds. The van der Waals surface area contributed by atoms with Crippen LogP contribution in [0.1, 0.15) is 48.2 Å². The number of hydrogen-bond donors (Lipinski definition) is 0. The van der Waals surface area contributed by atoms with E-state index in [0.29, 0.717) is 12.5 Å². The molecule has 0 aromatic carbocycles. The van der Waals surface area contributed by atoms with E-state index in [1.165, 1.54) is 18.4 Å². The summed E-state index contributed by atoms with van der Waals surface area (Å²) in [5.41, 5.74) is -1.65. The zero-order valence-corrected chi connectivity index (χ0v) is 11.9. The topological polar surface area (TPSA) is 46.1 Å². The van der Waals surface area contributed by atoms with Crippen LogP contribution < -0.4 is 0 Å². The second-order valence-corrected chi connectivity index (χ2v) is 5.47. The zero-order valence-electron chi connectivity index (χ0n) is 11.9. The Morgan fingerprint density at radius 3 is 2.62 bits per heavy atom. The Kier molecular flexibility index (Phi) is 4.80. The van der Waals surface area contributed by atoms with Crippen LogP contribution in [0, 0.1) is 5.92 Å². The van der Waals surface area contributed by atoms with Crippen LogP contribution in [0.25, 0.3) is 0 Å². The van der Waals surface area contributed by atoms with Crippen LogP contribution in [0.15, 0.2) is 12.5 Å². The summed E-state index contributed by atoms with van der Waals surface area (Å²) in [5, 5.41) is 0. The van der Waals surface area contributed by atoms with Gasteiger partial charge >= 0.3 is 6.18 Å². The fraction of sp³-hybridized carbons (Fsp3) is 0.643. The van der Waals surface area contributed by atoms with E-state index in [4.69, 9.17) is 0 Å². The lowest BCUT2D eigenvalue weighted by molar-refractivity contribution is -0.141. The molecule has 116 valence electrons. The highest BCUT2D eigenvalue weighted by atomic mass is 19.4. The van der Waals surface area contributed by atoms with Crippen molar-refractivity contribution in [3.8, 4) is 0 Å². The third-order valence-electron chi connectivity index (χ3n) is 3.81. The Balaban J connectivity index is 2.12.